The molecule has 2 aliphatic rings. The predicted molar refractivity (Wildman–Crippen MR) is 71.3 cm³/mol. The highest BCUT2D eigenvalue weighted by atomic mass is 16.5. The maximum absolute atomic E-state index is 12.0. The molecule has 104 valence electrons. The smallest absolute Gasteiger partial charge is 0.326 e. The fourth-order valence-corrected chi connectivity index (χ4v) is 4.03. The summed E-state index contributed by atoms with van der Waals surface area (Å²) in [5.74, 6) is 0.552. The van der Waals surface area contributed by atoms with E-state index in [-0.39, 0.29) is 29.4 Å². The molecule has 4 heteroatoms. The van der Waals surface area contributed by atoms with Crippen LogP contribution < -0.4 is 0 Å². The van der Waals surface area contributed by atoms with Crippen molar-refractivity contribution < 1.29 is 9.53 Å². The molecule has 0 saturated heterocycles. The van der Waals surface area contributed by atoms with Crippen molar-refractivity contribution in [2.75, 3.05) is 0 Å². The predicted octanol–water partition coefficient (Wildman–Crippen LogP) is 2.64. The van der Waals surface area contributed by atoms with E-state index >= 15 is 0 Å². The van der Waals surface area contributed by atoms with Gasteiger partial charge in [0.1, 0.15) is 12.6 Å². The maximum atomic E-state index is 12.0. The first kappa shape index (κ1) is 12.7. The zero-order chi connectivity index (χ0) is 13.7. The quantitative estimate of drug-likeness (QED) is 0.787. The van der Waals surface area contributed by atoms with E-state index in [1.807, 2.05) is 0 Å². The summed E-state index contributed by atoms with van der Waals surface area (Å²) in [4.78, 5) is 16.0. The van der Waals surface area contributed by atoms with Crippen molar-refractivity contribution in [2.45, 2.75) is 52.7 Å². The van der Waals surface area contributed by atoms with Gasteiger partial charge in [0.05, 0.1) is 6.33 Å². The Balaban J connectivity index is 1.67. The third kappa shape index (κ3) is 1.80. The molecule has 1 aromatic rings. The Hall–Kier alpha value is -1.32. The number of hydrogen-bond acceptors (Lipinski definition) is 3. The van der Waals surface area contributed by atoms with Gasteiger partial charge in [-0.05, 0) is 30.6 Å². The van der Waals surface area contributed by atoms with Crippen molar-refractivity contribution in [3.05, 3.63) is 18.7 Å². The SMILES string of the molecule is CC1(C)[C@@H]2CC[C@]1(C)[C@@H](OC(=O)Cn1ccnc1)C2. The fourth-order valence-electron chi connectivity index (χ4n) is 4.03. The van der Waals surface area contributed by atoms with Gasteiger partial charge >= 0.3 is 5.97 Å². The summed E-state index contributed by atoms with van der Waals surface area (Å²) in [7, 11) is 0. The van der Waals surface area contributed by atoms with Crippen LogP contribution in [0.1, 0.15) is 40.0 Å². The lowest BCUT2D eigenvalue weighted by Crippen LogP contribution is -2.38. The van der Waals surface area contributed by atoms with E-state index in [2.05, 4.69) is 25.8 Å². The summed E-state index contributed by atoms with van der Waals surface area (Å²) >= 11 is 0. The van der Waals surface area contributed by atoms with Crippen molar-refractivity contribution in [1.82, 2.24) is 9.55 Å². The molecule has 3 rings (SSSR count). The van der Waals surface area contributed by atoms with Crippen LogP contribution in [-0.2, 0) is 16.1 Å². The van der Waals surface area contributed by atoms with Crippen molar-refractivity contribution in [3.8, 4) is 0 Å². The summed E-state index contributed by atoms with van der Waals surface area (Å²) in [6.07, 6.45) is 8.67. The molecule has 2 fully saturated rings. The third-order valence-corrected chi connectivity index (χ3v) is 5.86. The van der Waals surface area contributed by atoms with Crippen LogP contribution in [0.3, 0.4) is 0 Å². The molecule has 0 amide bonds. The van der Waals surface area contributed by atoms with Gasteiger partial charge in [0.2, 0.25) is 0 Å². The Morgan fingerprint density at radius 2 is 2.26 bits per heavy atom. The fraction of sp³-hybridized carbons (Fsp3) is 0.733. The molecule has 2 aliphatic carbocycles. The monoisotopic (exact) mass is 262 g/mol. The molecule has 1 aromatic heterocycles. The highest BCUT2D eigenvalue weighted by Crippen LogP contribution is 2.66. The van der Waals surface area contributed by atoms with Gasteiger partial charge in [-0.2, -0.15) is 0 Å². The molecule has 0 N–H and O–H groups in total. The minimum atomic E-state index is -0.146. The largest absolute Gasteiger partial charge is 0.460 e. The van der Waals surface area contributed by atoms with Gasteiger partial charge in [0, 0.05) is 17.8 Å². The van der Waals surface area contributed by atoms with E-state index < -0.39 is 0 Å². The average molecular weight is 262 g/mol. The summed E-state index contributed by atoms with van der Waals surface area (Å²) in [5.41, 5.74) is 0.426. The molecular formula is C15H22N2O2. The van der Waals surface area contributed by atoms with E-state index in [0.717, 1.165) is 6.42 Å². The molecule has 4 nitrogen and oxygen atoms in total. The number of hydrogen-bond donors (Lipinski definition) is 0. The Kier molecular flexibility index (Phi) is 2.73. The first-order valence-corrected chi connectivity index (χ1v) is 7.09. The molecule has 2 saturated carbocycles. The first-order valence-electron chi connectivity index (χ1n) is 7.09. The van der Waals surface area contributed by atoms with Gasteiger partial charge in [0.15, 0.2) is 0 Å². The maximum Gasteiger partial charge on any atom is 0.326 e. The zero-order valence-electron chi connectivity index (χ0n) is 11.9. The number of esters is 1. The molecule has 0 radical (unpaired) electrons. The summed E-state index contributed by atoms with van der Waals surface area (Å²) in [6.45, 7) is 7.20. The third-order valence-electron chi connectivity index (χ3n) is 5.86. The lowest BCUT2D eigenvalue weighted by Gasteiger charge is -2.38. The van der Waals surface area contributed by atoms with Crippen molar-refractivity contribution in [1.29, 1.82) is 0 Å². The van der Waals surface area contributed by atoms with E-state index in [1.54, 1.807) is 23.3 Å². The average Bonchev–Trinajstić information content (AvgIpc) is 2.95. The Morgan fingerprint density at radius 3 is 2.79 bits per heavy atom. The number of carbonyl (C=O) groups is 1. The Labute approximate surface area is 114 Å². The van der Waals surface area contributed by atoms with Gasteiger partial charge < -0.3 is 9.30 Å². The van der Waals surface area contributed by atoms with E-state index in [0.29, 0.717) is 5.92 Å². The Morgan fingerprint density at radius 1 is 1.47 bits per heavy atom. The molecule has 0 aromatic carbocycles. The topological polar surface area (TPSA) is 44.1 Å². The summed E-state index contributed by atoms with van der Waals surface area (Å²) in [6, 6.07) is 0. The number of fused-ring (bicyclic) bond motifs is 2. The number of aromatic nitrogens is 2. The summed E-state index contributed by atoms with van der Waals surface area (Å²) < 4.78 is 7.52. The van der Waals surface area contributed by atoms with Crippen molar-refractivity contribution >= 4 is 5.97 Å². The van der Waals surface area contributed by atoms with Gasteiger partial charge in [-0.15, -0.1) is 0 Å². The van der Waals surface area contributed by atoms with Crippen LogP contribution in [0.15, 0.2) is 18.7 Å². The number of nitrogens with zero attached hydrogens (tertiary/aromatic N) is 2. The van der Waals surface area contributed by atoms with Gasteiger partial charge in [-0.25, -0.2) is 4.98 Å². The highest BCUT2D eigenvalue weighted by molar-refractivity contribution is 5.69. The molecule has 0 aliphatic heterocycles. The van der Waals surface area contributed by atoms with Crippen LogP contribution in [0.4, 0.5) is 0 Å². The standard InChI is InChI=1S/C15H22N2O2/c1-14(2)11-4-5-15(14,3)12(8-11)19-13(18)9-17-7-6-16-10-17/h6-7,10-12H,4-5,8-9H2,1-3H3/t11-,12+,15-/m1/s1. The van der Waals surface area contributed by atoms with Crippen molar-refractivity contribution in [3.63, 3.8) is 0 Å². The normalized spacial score (nSPS) is 35.5. The molecule has 1 heterocycles. The van der Waals surface area contributed by atoms with E-state index in [4.69, 9.17) is 4.74 Å². The van der Waals surface area contributed by atoms with Gasteiger partial charge in [-0.3, -0.25) is 4.79 Å². The van der Waals surface area contributed by atoms with Gasteiger partial charge in [-0.1, -0.05) is 20.8 Å². The minimum absolute atomic E-state index is 0.0808. The van der Waals surface area contributed by atoms with E-state index in [1.165, 1.54) is 12.8 Å². The number of rotatable bonds is 3. The van der Waals surface area contributed by atoms with Crippen LogP contribution in [0, 0.1) is 16.7 Å². The summed E-state index contributed by atoms with van der Waals surface area (Å²) in [5, 5.41) is 0. The molecule has 0 spiro atoms. The molecular weight excluding hydrogens is 240 g/mol. The second-order valence-corrected chi connectivity index (χ2v) is 6.82. The van der Waals surface area contributed by atoms with Crippen LogP contribution in [0.25, 0.3) is 0 Å². The lowest BCUT2D eigenvalue weighted by molar-refractivity contribution is -0.157. The molecule has 19 heavy (non-hydrogen) atoms. The van der Waals surface area contributed by atoms with Crippen LogP contribution in [0.2, 0.25) is 0 Å². The van der Waals surface area contributed by atoms with Crippen molar-refractivity contribution in [2.24, 2.45) is 16.7 Å². The lowest BCUT2D eigenvalue weighted by atomic mass is 9.70. The van der Waals surface area contributed by atoms with Crippen LogP contribution >= 0.6 is 0 Å². The van der Waals surface area contributed by atoms with Crippen LogP contribution in [0.5, 0.6) is 0 Å². The molecule has 2 bridgehead atoms. The highest BCUT2D eigenvalue weighted by Gasteiger charge is 2.62. The number of ether oxygens (including phenoxy) is 1. The number of carbonyl (C=O) groups excluding carboxylic acids is 1. The molecule has 3 atom stereocenters. The number of imidazole rings is 1. The Bertz CT molecular complexity index is 480. The minimum Gasteiger partial charge on any atom is -0.460 e. The van der Waals surface area contributed by atoms with Crippen LogP contribution in [-0.4, -0.2) is 21.6 Å². The zero-order valence-corrected chi connectivity index (χ0v) is 11.9. The molecule has 0 unspecified atom stereocenters. The first-order chi connectivity index (χ1) is 8.93. The second-order valence-electron chi connectivity index (χ2n) is 6.82. The van der Waals surface area contributed by atoms with E-state index in [9.17, 15) is 4.79 Å². The second kappa shape index (κ2) is 4.09. The van der Waals surface area contributed by atoms with Gasteiger partial charge in [0.25, 0.3) is 0 Å².